The van der Waals surface area contributed by atoms with Gasteiger partial charge in [0.25, 0.3) is 0 Å². The molecule has 0 fully saturated rings. The van der Waals surface area contributed by atoms with Gasteiger partial charge in [0.15, 0.2) is 0 Å². The lowest BCUT2D eigenvalue weighted by atomic mass is 9.93. The first-order chi connectivity index (χ1) is 18.2. The van der Waals surface area contributed by atoms with Crippen molar-refractivity contribution >= 4 is 48.5 Å². The quantitative estimate of drug-likeness (QED) is 0.210. The van der Waals surface area contributed by atoms with Crippen LogP contribution in [0.15, 0.2) is 132 Å². The highest BCUT2D eigenvalue weighted by molar-refractivity contribution is 9.10. The van der Waals surface area contributed by atoms with E-state index in [1.54, 1.807) is 12.4 Å². The standard InChI is InChI=1S/C34H21BrN2/c35-28-11-5-10-26(20-28)24-8-3-6-22(18-24)23-7-4-9-25(19-23)27-14-15-31-32(21-27)29-12-1-2-13-30(29)33-34(31)37-17-16-36-33/h1-21H. The Labute approximate surface area is 223 Å². The Bertz CT molecular complexity index is 1920. The Morgan fingerprint density at radius 1 is 0.378 bits per heavy atom. The van der Waals surface area contributed by atoms with E-state index in [0.29, 0.717) is 0 Å². The molecule has 7 aromatic rings. The van der Waals surface area contributed by atoms with Gasteiger partial charge in [-0.15, -0.1) is 0 Å². The Hall–Kier alpha value is -4.34. The van der Waals surface area contributed by atoms with E-state index in [0.717, 1.165) is 26.3 Å². The van der Waals surface area contributed by atoms with Crippen LogP contribution in [0.5, 0.6) is 0 Å². The molecule has 0 spiro atoms. The van der Waals surface area contributed by atoms with E-state index < -0.39 is 0 Å². The molecule has 0 aliphatic carbocycles. The number of halogens is 1. The topological polar surface area (TPSA) is 25.8 Å². The molecule has 0 saturated heterocycles. The van der Waals surface area contributed by atoms with Gasteiger partial charge in [-0.25, -0.2) is 0 Å². The van der Waals surface area contributed by atoms with Gasteiger partial charge in [0, 0.05) is 27.6 Å². The van der Waals surface area contributed by atoms with Crippen molar-refractivity contribution in [2.24, 2.45) is 0 Å². The maximum atomic E-state index is 4.69. The molecule has 3 heteroatoms. The van der Waals surface area contributed by atoms with Gasteiger partial charge in [-0.2, -0.15) is 0 Å². The molecule has 174 valence electrons. The summed E-state index contributed by atoms with van der Waals surface area (Å²) in [6, 6.07) is 41.1. The molecule has 0 amide bonds. The first kappa shape index (κ1) is 21.9. The van der Waals surface area contributed by atoms with Gasteiger partial charge in [-0.1, -0.05) is 101 Å². The van der Waals surface area contributed by atoms with Crippen LogP contribution in [-0.4, -0.2) is 9.97 Å². The highest BCUT2D eigenvalue weighted by Crippen LogP contribution is 2.36. The normalized spacial score (nSPS) is 11.4. The van der Waals surface area contributed by atoms with E-state index in [1.807, 2.05) is 0 Å². The molecular weight excluding hydrogens is 516 g/mol. The lowest BCUT2D eigenvalue weighted by Gasteiger charge is -2.12. The molecule has 2 nitrogen and oxygen atoms in total. The van der Waals surface area contributed by atoms with E-state index in [9.17, 15) is 0 Å². The Morgan fingerprint density at radius 3 is 1.46 bits per heavy atom. The van der Waals surface area contributed by atoms with Crippen molar-refractivity contribution in [1.29, 1.82) is 0 Å². The third-order valence-corrected chi connectivity index (χ3v) is 7.49. The first-order valence-corrected chi connectivity index (χ1v) is 13.1. The van der Waals surface area contributed by atoms with Gasteiger partial charge >= 0.3 is 0 Å². The van der Waals surface area contributed by atoms with Crippen molar-refractivity contribution in [3.05, 3.63) is 132 Å². The van der Waals surface area contributed by atoms with E-state index in [1.165, 1.54) is 44.2 Å². The predicted octanol–water partition coefficient (Wildman–Crippen LogP) is 9.70. The molecule has 0 radical (unpaired) electrons. The number of hydrogen-bond acceptors (Lipinski definition) is 2. The molecule has 6 aromatic carbocycles. The number of nitrogens with zero attached hydrogens (tertiary/aromatic N) is 2. The van der Waals surface area contributed by atoms with Crippen molar-refractivity contribution in [3.63, 3.8) is 0 Å². The van der Waals surface area contributed by atoms with Crippen LogP contribution in [-0.2, 0) is 0 Å². The second kappa shape index (κ2) is 8.95. The average Bonchev–Trinajstić information content (AvgIpc) is 2.97. The Kier molecular flexibility index (Phi) is 5.30. The molecule has 37 heavy (non-hydrogen) atoms. The SMILES string of the molecule is Brc1cccc(-c2cccc(-c3cccc(-c4ccc5c(c4)c4ccccc4c4nccnc54)c3)c2)c1. The zero-order valence-corrected chi connectivity index (χ0v) is 21.5. The van der Waals surface area contributed by atoms with Gasteiger partial charge < -0.3 is 0 Å². The monoisotopic (exact) mass is 536 g/mol. The van der Waals surface area contributed by atoms with Crippen LogP contribution in [0.25, 0.3) is 66.0 Å². The fraction of sp³-hybridized carbons (Fsp3) is 0. The molecule has 0 unspecified atom stereocenters. The lowest BCUT2D eigenvalue weighted by Crippen LogP contribution is -1.89. The van der Waals surface area contributed by atoms with Crippen LogP contribution in [0.2, 0.25) is 0 Å². The van der Waals surface area contributed by atoms with Gasteiger partial charge in [0.2, 0.25) is 0 Å². The number of fused-ring (bicyclic) bond motifs is 6. The number of rotatable bonds is 3. The maximum absolute atomic E-state index is 4.69. The smallest absolute Gasteiger partial charge is 0.0971 e. The number of hydrogen-bond donors (Lipinski definition) is 0. The zero-order valence-electron chi connectivity index (χ0n) is 19.9. The molecule has 7 rings (SSSR count). The average molecular weight is 537 g/mol. The Balaban J connectivity index is 1.36. The van der Waals surface area contributed by atoms with E-state index in [-0.39, 0.29) is 0 Å². The molecule has 0 atom stereocenters. The fourth-order valence-corrected chi connectivity index (χ4v) is 5.63. The van der Waals surface area contributed by atoms with Crippen LogP contribution < -0.4 is 0 Å². The molecule has 1 aromatic heterocycles. The third kappa shape index (κ3) is 3.89. The van der Waals surface area contributed by atoms with Crippen LogP contribution in [0.3, 0.4) is 0 Å². The predicted molar refractivity (Wildman–Crippen MR) is 159 cm³/mol. The minimum Gasteiger partial charge on any atom is -0.252 e. The summed E-state index contributed by atoms with van der Waals surface area (Å²) in [6.07, 6.45) is 3.54. The first-order valence-electron chi connectivity index (χ1n) is 12.3. The highest BCUT2D eigenvalue weighted by Gasteiger charge is 2.12. The van der Waals surface area contributed by atoms with E-state index in [4.69, 9.17) is 0 Å². The van der Waals surface area contributed by atoms with Crippen molar-refractivity contribution in [1.82, 2.24) is 9.97 Å². The van der Waals surface area contributed by atoms with Gasteiger partial charge in [-0.05, 0) is 74.5 Å². The zero-order chi connectivity index (χ0) is 24.8. The maximum Gasteiger partial charge on any atom is 0.0971 e. The molecule has 0 aliphatic heterocycles. The van der Waals surface area contributed by atoms with Gasteiger partial charge in [-0.3, -0.25) is 9.97 Å². The molecule has 0 bridgehead atoms. The lowest BCUT2D eigenvalue weighted by molar-refractivity contribution is 1.31. The second-order valence-corrected chi connectivity index (χ2v) is 10.1. The summed E-state index contributed by atoms with van der Waals surface area (Å²) in [5.41, 5.74) is 9.07. The van der Waals surface area contributed by atoms with E-state index >= 15 is 0 Å². The summed E-state index contributed by atoms with van der Waals surface area (Å²) >= 11 is 3.60. The van der Waals surface area contributed by atoms with Crippen LogP contribution in [0, 0.1) is 0 Å². The summed E-state index contributed by atoms with van der Waals surface area (Å²) in [5.74, 6) is 0. The summed E-state index contributed by atoms with van der Waals surface area (Å²) in [4.78, 5) is 9.34. The largest absolute Gasteiger partial charge is 0.252 e. The Morgan fingerprint density at radius 2 is 0.865 bits per heavy atom. The summed E-state index contributed by atoms with van der Waals surface area (Å²) in [5, 5.41) is 4.66. The summed E-state index contributed by atoms with van der Waals surface area (Å²) < 4.78 is 1.08. The van der Waals surface area contributed by atoms with Gasteiger partial charge in [0.05, 0.1) is 11.0 Å². The van der Waals surface area contributed by atoms with Crippen molar-refractivity contribution < 1.29 is 0 Å². The van der Waals surface area contributed by atoms with E-state index in [2.05, 4.69) is 141 Å². The van der Waals surface area contributed by atoms with Crippen LogP contribution in [0.1, 0.15) is 0 Å². The molecule has 0 N–H and O–H groups in total. The van der Waals surface area contributed by atoms with Crippen LogP contribution in [0.4, 0.5) is 0 Å². The second-order valence-electron chi connectivity index (χ2n) is 9.23. The van der Waals surface area contributed by atoms with Gasteiger partial charge in [0.1, 0.15) is 0 Å². The van der Waals surface area contributed by atoms with Crippen LogP contribution >= 0.6 is 15.9 Å². The summed E-state index contributed by atoms with van der Waals surface area (Å²) in [7, 11) is 0. The molecule has 0 saturated carbocycles. The molecular formula is C34H21BrN2. The number of benzene rings is 6. The van der Waals surface area contributed by atoms with Crippen molar-refractivity contribution in [3.8, 4) is 33.4 Å². The van der Waals surface area contributed by atoms with Crippen molar-refractivity contribution in [2.45, 2.75) is 0 Å². The molecule has 0 aliphatic rings. The fourth-order valence-electron chi connectivity index (χ4n) is 5.23. The number of aromatic nitrogens is 2. The minimum atomic E-state index is 0.945. The third-order valence-electron chi connectivity index (χ3n) is 7.00. The highest BCUT2D eigenvalue weighted by atomic mass is 79.9. The minimum absolute atomic E-state index is 0.945. The van der Waals surface area contributed by atoms with Crippen molar-refractivity contribution in [2.75, 3.05) is 0 Å². The molecule has 1 heterocycles. The summed E-state index contributed by atoms with van der Waals surface area (Å²) in [6.45, 7) is 0.